The molecule has 1 saturated carbocycles. The molecule has 0 saturated heterocycles. The van der Waals surface area contributed by atoms with Gasteiger partial charge in [-0.2, -0.15) is 0 Å². The first-order valence-electron chi connectivity index (χ1n) is 7.45. The average molecular weight is 352 g/mol. The fourth-order valence-corrected chi connectivity index (χ4v) is 4.30. The lowest BCUT2D eigenvalue weighted by atomic mass is 9.89. The highest BCUT2D eigenvalue weighted by molar-refractivity contribution is 7.89. The maximum atomic E-state index is 12.5. The van der Waals surface area contributed by atoms with Crippen molar-refractivity contribution < 1.29 is 13.5 Å². The summed E-state index contributed by atoms with van der Waals surface area (Å²) in [5, 5.41) is 11.2. The molecule has 0 bridgehead atoms. The average Bonchev–Trinajstić information content (AvgIpc) is 3.39. The van der Waals surface area contributed by atoms with Crippen LogP contribution in [-0.2, 0) is 15.6 Å². The van der Waals surface area contributed by atoms with E-state index < -0.39 is 15.6 Å². The van der Waals surface area contributed by atoms with Gasteiger partial charge < -0.3 is 5.11 Å². The molecule has 2 aromatic carbocycles. The first-order chi connectivity index (χ1) is 10.9. The summed E-state index contributed by atoms with van der Waals surface area (Å²) in [6.07, 6.45) is 1.78. The third kappa shape index (κ3) is 3.43. The normalized spacial score (nSPS) is 17.7. The number of rotatable bonds is 6. The third-order valence-corrected chi connectivity index (χ3v) is 6.09. The largest absolute Gasteiger partial charge is 0.383 e. The van der Waals surface area contributed by atoms with Crippen molar-refractivity contribution in [3.05, 3.63) is 65.2 Å². The summed E-state index contributed by atoms with van der Waals surface area (Å²) in [4.78, 5) is 0.0212. The van der Waals surface area contributed by atoms with E-state index >= 15 is 0 Å². The molecule has 0 spiro atoms. The van der Waals surface area contributed by atoms with Gasteiger partial charge in [0.15, 0.2) is 0 Å². The monoisotopic (exact) mass is 351 g/mol. The SMILES string of the molecule is O=S(=O)(NC[C@](O)(c1ccccc1)C1CC1)c1ccccc1Cl. The Kier molecular flexibility index (Phi) is 4.47. The van der Waals surface area contributed by atoms with E-state index in [1.54, 1.807) is 12.1 Å². The van der Waals surface area contributed by atoms with Gasteiger partial charge in [-0.1, -0.05) is 54.1 Å². The van der Waals surface area contributed by atoms with E-state index in [1.807, 2.05) is 30.3 Å². The highest BCUT2D eigenvalue weighted by Crippen LogP contribution is 2.45. The van der Waals surface area contributed by atoms with Gasteiger partial charge in [0.2, 0.25) is 10.0 Å². The molecule has 6 heteroatoms. The zero-order valence-electron chi connectivity index (χ0n) is 12.4. The van der Waals surface area contributed by atoms with E-state index in [0.717, 1.165) is 18.4 Å². The number of hydrogen-bond donors (Lipinski definition) is 2. The van der Waals surface area contributed by atoms with Crippen LogP contribution in [0.2, 0.25) is 5.02 Å². The van der Waals surface area contributed by atoms with Crippen LogP contribution in [0.3, 0.4) is 0 Å². The molecule has 2 aromatic rings. The van der Waals surface area contributed by atoms with Crippen LogP contribution >= 0.6 is 11.6 Å². The summed E-state index contributed by atoms with van der Waals surface area (Å²) in [5.74, 6) is 0.0684. The topological polar surface area (TPSA) is 66.4 Å². The Morgan fingerprint density at radius 1 is 1.09 bits per heavy atom. The van der Waals surface area contributed by atoms with E-state index in [9.17, 15) is 13.5 Å². The summed E-state index contributed by atoms with van der Waals surface area (Å²) in [6.45, 7) is -0.0742. The van der Waals surface area contributed by atoms with Crippen LogP contribution in [0.15, 0.2) is 59.5 Å². The Labute approximate surface area is 141 Å². The summed E-state index contributed by atoms with van der Waals surface area (Å²) in [6, 6.07) is 15.5. The molecule has 0 radical (unpaired) electrons. The minimum Gasteiger partial charge on any atom is -0.383 e. The number of hydrogen-bond acceptors (Lipinski definition) is 3. The van der Waals surface area contributed by atoms with E-state index in [-0.39, 0.29) is 22.4 Å². The molecule has 0 aromatic heterocycles. The summed E-state index contributed by atoms with van der Waals surface area (Å²) in [7, 11) is -3.78. The minimum absolute atomic E-state index is 0.0212. The van der Waals surface area contributed by atoms with Gasteiger partial charge in [-0.3, -0.25) is 0 Å². The summed E-state index contributed by atoms with van der Waals surface area (Å²) in [5.41, 5.74) is -0.473. The van der Waals surface area contributed by atoms with Crippen LogP contribution in [0, 0.1) is 5.92 Å². The van der Waals surface area contributed by atoms with Gasteiger partial charge in [0.05, 0.1) is 5.02 Å². The van der Waals surface area contributed by atoms with Crippen molar-refractivity contribution in [2.45, 2.75) is 23.3 Å². The molecule has 1 aliphatic rings. The Bertz CT molecular complexity index is 790. The minimum atomic E-state index is -3.78. The lowest BCUT2D eigenvalue weighted by molar-refractivity contribution is 0.0185. The Hall–Kier alpha value is -1.40. The van der Waals surface area contributed by atoms with E-state index in [0.29, 0.717) is 0 Å². The molecule has 0 aliphatic heterocycles. The number of aliphatic hydroxyl groups is 1. The van der Waals surface area contributed by atoms with Crippen LogP contribution < -0.4 is 4.72 Å². The van der Waals surface area contributed by atoms with E-state index in [4.69, 9.17) is 11.6 Å². The van der Waals surface area contributed by atoms with Gasteiger partial charge in [0.25, 0.3) is 0 Å². The molecule has 4 nitrogen and oxygen atoms in total. The van der Waals surface area contributed by atoms with Crippen LogP contribution in [0.4, 0.5) is 0 Å². The van der Waals surface area contributed by atoms with Gasteiger partial charge in [-0.25, -0.2) is 13.1 Å². The highest BCUT2D eigenvalue weighted by atomic mass is 35.5. The summed E-state index contributed by atoms with van der Waals surface area (Å²) < 4.78 is 27.4. The number of nitrogens with one attached hydrogen (secondary N) is 1. The fourth-order valence-electron chi connectivity index (χ4n) is 2.72. The molecule has 2 N–H and O–H groups in total. The molecule has 0 unspecified atom stereocenters. The van der Waals surface area contributed by atoms with Crippen LogP contribution in [0.1, 0.15) is 18.4 Å². The van der Waals surface area contributed by atoms with Gasteiger partial charge in [-0.05, 0) is 36.5 Å². The Balaban J connectivity index is 1.84. The zero-order chi connectivity index (χ0) is 16.5. The zero-order valence-corrected chi connectivity index (χ0v) is 14.0. The Morgan fingerprint density at radius 3 is 2.30 bits per heavy atom. The molecule has 1 fully saturated rings. The number of benzene rings is 2. The molecule has 3 rings (SSSR count). The second-order valence-electron chi connectivity index (χ2n) is 5.82. The predicted octanol–water partition coefficient (Wildman–Crippen LogP) is 2.92. The van der Waals surface area contributed by atoms with E-state index in [2.05, 4.69) is 4.72 Å². The van der Waals surface area contributed by atoms with Gasteiger partial charge in [0.1, 0.15) is 10.5 Å². The number of sulfonamides is 1. The highest BCUT2D eigenvalue weighted by Gasteiger charge is 2.45. The molecule has 23 heavy (non-hydrogen) atoms. The third-order valence-electron chi connectivity index (χ3n) is 4.18. The molecular weight excluding hydrogens is 334 g/mol. The van der Waals surface area contributed by atoms with Crippen molar-refractivity contribution >= 4 is 21.6 Å². The first kappa shape index (κ1) is 16.5. The first-order valence-corrected chi connectivity index (χ1v) is 9.32. The maximum Gasteiger partial charge on any atom is 0.242 e. The molecule has 1 atom stereocenters. The van der Waals surface area contributed by atoms with Crippen LogP contribution in [0.5, 0.6) is 0 Å². The van der Waals surface area contributed by atoms with Gasteiger partial charge in [-0.15, -0.1) is 0 Å². The fraction of sp³-hybridized carbons (Fsp3) is 0.294. The van der Waals surface area contributed by atoms with Crippen molar-refractivity contribution in [2.75, 3.05) is 6.54 Å². The lowest BCUT2D eigenvalue weighted by Gasteiger charge is -2.29. The maximum absolute atomic E-state index is 12.5. The second kappa shape index (κ2) is 6.24. The lowest BCUT2D eigenvalue weighted by Crippen LogP contribution is -2.42. The predicted molar refractivity (Wildman–Crippen MR) is 89.7 cm³/mol. The summed E-state index contributed by atoms with van der Waals surface area (Å²) >= 11 is 5.97. The van der Waals surface area contributed by atoms with Crippen LogP contribution in [0.25, 0.3) is 0 Å². The number of halogens is 1. The standard InChI is InChI=1S/C17H18ClNO3S/c18-15-8-4-5-9-16(15)23(21,22)19-12-17(20,14-10-11-14)13-6-2-1-3-7-13/h1-9,14,19-20H,10-12H2/t17-/m0/s1. The van der Waals surface area contributed by atoms with Crippen molar-refractivity contribution in [3.63, 3.8) is 0 Å². The van der Waals surface area contributed by atoms with Crippen molar-refractivity contribution in [2.24, 2.45) is 5.92 Å². The molecule has 1 aliphatic carbocycles. The molecule has 122 valence electrons. The molecule has 0 amide bonds. The van der Waals surface area contributed by atoms with Gasteiger partial charge >= 0.3 is 0 Å². The molecular formula is C17H18ClNO3S. The van der Waals surface area contributed by atoms with Crippen molar-refractivity contribution in [1.29, 1.82) is 0 Å². The van der Waals surface area contributed by atoms with E-state index in [1.165, 1.54) is 12.1 Å². The second-order valence-corrected chi connectivity index (χ2v) is 7.96. The Morgan fingerprint density at radius 2 is 1.70 bits per heavy atom. The quantitative estimate of drug-likeness (QED) is 0.841. The smallest absolute Gasteiger partial charge is 0.242 e. The van der Waals surface area contributed by atoms with Crippen molar-refractivity contribution in [1.82, 2.24) is 4.72 Å². The van der Waals surface area contributed by atoms with Gasteiger partial charge in [0, 0.05) is 6.54 Å². The van der Waals surface area contributed by atoms with Crippen molar-refractivity contribution in [3.8, 4) is 0 Å². The van der Waals surface area contributed by atoms with Crippen LogP contribution in [-0.4, -0.2) is 20.1 Å². The molecule has 0 heterocycles.